The quantitative estimate of drug-likeness (QED) is 0.125. The minimum atomic E-state index is -0.905. The number of anilines is 1. The van der Waals surface area contributed by atoms with Crippen molar-refractivity contribution in [3.63, 3.8) is 0 Å². The zero-order valence-corrected chi connectivity index (χ0v) is 31.3. The number of piperazine rings is 1. The molecule has 11 heteroatoms. The molecule has 5 rings (SSSR count). The smallest absolute Gasteiger partial charge is 0.284 e. The van der Waals surface area contributed by atoms with Gasteiger partial charge >= 0.3 is 0 Å². The molecule has 2 N–H and O–H groups in total. The second-order valence-corrected chi connectivity index (χ2v) is 12.3. The Morgan fingerprint density at radius 2 is 1.65 bits per heavy atom. The number of hydrogen-bond donors (Lipinski definition) is 1. The Labute approximate surface area is 306 Å². The van der Waals surface area contributed by atoms with E-state index in [1.165, 1.54) is 28.9 Å². The highest BCUT2D eigenvalue weighted by molar-refractivity contribution is 6.30. The fourth-order valence-corrected chi connectivity index (χ4v) is 5.42. The van der Waals surface area contributed by atoms with Crippen LogP contribution in [0.25, 0.3) is 11.0 Å². The lowest BCUT2D eigenvalue weighted by molar-refractivity contribution is -0.131. The van der Waals surface area contributed by atoms with E-state index >= 15 is 0 Å². The molecule has 0 spiro atoms. The third-order valence-electron chi connectivity index (χ3n) is 7.94. The monoisotopic (exact) mass is 722 g/mol. The van der Waals surface area contributed by atoms with Gasteiger partial charge in [0.2, 0.25) is 5.91 Å². The van der Waals surface area contributed by atoms with E-state index in [1.54, 1.807) is 0 Å². The van der Waals surface area contributed by atoms with E-state index in [-0.39, 0.29) is 22.6 Å². The molecule has 1 aliphatic rings. The fraction of sp³-hybridized carbons (Fsp3) is 0.400. The molecule has 51 heavy (non-hydrogen) atoms. The number of benzene rings is 3. The highest BCUT2D eigenvalue weighted by Gasteiger charge is 2.22. The predicted molar refractivity (Wildman–Crippen MR) is 205 cm³/mol. The number of unbranched alkanes of at least 4 members (excludes halogenated alkanes) is 2. The van der Waals surface area contributed by atoms with Gasteiger partial charge in [0, 0.05) is 62.3 Å². The summed E-state index contributed by atoms with van der Waals surface area (Å²) in [6.07, 6.45) is 5.25. The summed E-state index contributed by atoms with van der Waals surface area (Å²) in [5.74, 6) is -1.67. The van der Waals surface area contributed by atoms with Gasteiger partial charge in [0.1, 0.15) is 6.29 Å². The van der Waals surface area contributed by atoms with Crippen LogP contribution in [0, 0.1) is 12.7 Å². The van der Waals surface area contributed by atoms with Crippen molar-refractivity contribution in [2.24, 2.45) is 5.73 Å². The molecule has 0 saturated carbocycles. The van der Waals surface area contributed by atoms with Crippen LogP contribution in [0.1, 0.15) is 74.6 Å². The number of halogens is 2. The first kappa shape index (κ1) is 42.6. The standard InChI is InChI=1S/C21H33N3O2.C10H6FNO3.C7H7Cl.C2H6/c1-3-9-21(26)24-15-13-23(14-16-24)20-11-6-5-10-19(20)18-22(2)12-7-4-8-17-25;11-6-3-1-2-5-7(13)4-8(10(12)14)15-9(5)6;1-6-2-4-7(8)5-3-6;1-2/h5-6,10-11,17H,3-4,7-9,12-16,18H2,1-2H3;1-4H,(H2,12,14);2-5H,1H3;1-2H3. The summed E-state index contributed by atoms with van der Waals surface area (Å²) in [6, 6.07) is 21.2. The van der Waals surface area contributed by atoms with Crippen LogP contribution in [-0.4, -0.2) is 67.7 Å². The third-order valence-corrected chi connectivity index (χ3v) is 8.19. The Morgan fingerprint density at radius 1 is 0.980 bits per heavy atom. The van der Waals surface area contributed by atoms with Crippen LogP contribution in [0.15, 0.2) is 82.0 Å². The molecule has 2 amide bonds. The summed E-state index contributed by atoms with van der Waals surface area (Å²) in [7, 11) is 2.14. The van der Waals surface area contributed by atoms with Crippen LogP contribution in [0.4, 0.5) is 10.1 Å². The molecule has 4 aromatic rings. The van der Waals surface area contributed by atoms with Crippen molar-refractivity contribution >= 4 is 46.4 Å². The number of rotatable bonds is 11. The Morgan fingerprint density at radius 3 is 2.25 bits per heavy atom. The van der Waals surface area contributed by atoms with Crippen LogP contribution >= 0.6 is 11.6 Å². The molecular formula is C40H52ClFN4O5. The van der Waals surface area contributed by atoms with Crippen molar-refractivity contribution in [3.05, 3.63) is 111 Å². The summed E-state index contributed by atoms with van der Waals surface area (Å²) in [5.41, 5.74) is 8.05. The average Bonchev–Trinajstić information content (AvgIpc) is 3.13. The van der Waals surface area contributed by atoms with E-state index in [1.807, 2.05) is 49.9 Å². The molecule has 1 fully saturated rings. The van der Waals surface area contributed by atoms with Crippen LogP contribution in [0.5, 0.6) is 0 Å². The Kier molecular flexibility index (Phi) is 19.3. The maximum atomic E-state index is 13.2. The molecule has 0 bridgehead atoms. The minimum absolute atomic E-state index is 0.0833. The molecule has 9 nitrogen and oxygen atoms in total. The average molecular weight is 723 g/mol. The van der Waals surface area contributed by atoms with Crippen LogP contribution < -0.4 is 16.1 Å². The molecule has 276 valence electrons. The first-order valence-corrected chi connectivity index (χ1v) is 17.9. The first-order valence-electron chi connectivity index (χ1n) is 17.5. The molecule has 2 heterocycles. The van der Waals surface area contributed by atoms with Crippen molar-refractivity contribution in [3.8, 4) is 0 Å². The number of hydrogen-bond acceptors (Lipinski definition) is 7. The van der Waals surface area contributed by atoms with Gasteiger partial charge in [0.15, 0.2) is 22.6 Å². The lowest BCUT2D eigenvalue weighted by atomic mass is 10.1. The second kappa shape index (κ2) is 23.0. The molecule has 0 radical (unpaired) electrons. The maximum absolute atomic E-state index is 13.2. The minimum Gasteiger partial charge on any atom is -0.448 e. The van der Waals surface area contributed by atoms with Crippen LogP contribution in [0.3, 0.4) is 0 Å². The van der Waals surface area contributed by atoms with Crippen LogP contribution in [-0.2, 0) is 16.1 Å². The zero-order chi connectivity index (χ0) is 37.8. The van der Waals surface area contributed by atoms with Crippen molar-refractivity contribution < 1.29 is 23.2 Å². The van der Waals surface area contributed by atoms with E-state index in [4.69, 9.17) is 21.8 Å². The molecule has 1 saturated heterocycles. The summed E-state index contributed by atoms with van der Waals surface area (Å²) < 4.78 is 18.1. The molecule has 1 aromatic heterocycles. The van der Waals surface area contributed by atoms with E-state index in [9.17, 15) is 23.6 Å². The van der Waals surface area contributed by atoms with Gasteiger partial charge in [-0.3, -0.25) is 14.4 Å². The Bertz CT molecular complexity index is 1700. The molecule has 0 aliphatic carbocycles. The van der Waals surface area contributed by atoms with Crippen molar-refractivity contribution in [1.82, 2.24) is 9.80 Å². The van der Waals surface area contributed by atoms with Gasteiger partial charge in [-0.2, -0.15) is 0 Å². The molecule has 0 atom stereocenters. The Balaban J connectivity index is 0.000000300. The van der Waals surface area contributed by atoms with Crippen molar-refractivity contribution in [2.75, 3.05) is 44.7 Å². The van der Waals surface area contributed by atoms with E-state index in [0.29, 0.717) is 12.8 Å². The summed E-state index contributed by atoms with van der Waals surface area (Å²) in [5, 5.41) is 0.885. The number of amides is 2. The highest BCUT2D eigenvalue weighted by Crippen LogP contribution is 2.23. The molecule has 1 aliphatic heterocycles. The normalized spacial score (nSPS) is 12.2. The van der Waals surface area contributed by atoms with Gasteiger partial charge in [0.25, 0.3) is 5.91 Å². The highest BCUT2D eigenvalue weighted by atomic mass is 35.5. The first-order chi connectivity index (χ1) is 24.5. The van der Waals surface area contributed by atoms with Gasteiger partial charge in [-0.25, -0.2) is 4.39 Å². The number of carbonyl (C=O) groups excluding carboxylic acids is 3. The lowest BCUT2D eigenvalue weighted by Crippen LogP contribution is -2.49. The number of nitrogens with zero attached hydrogens (tertiary/aromatic N) is 3. The lowest BCUT2D eigenvalue weighted by Gasteiger charge is -2.37. The summed E-state index contributed by atoms with van der Waals surface area (Å²) >= 11 is 5.61. The number of fused-ring (bicyclic) bond motifs is 1. The van der Waals surface area contributed by atoms with Gasteiger partial charge in [0.05, 0.1) is 5.39 Å². The number of carbonyl (C=O) groups is 3. The number of para-hydroxylation sites is 2. The largest absolute Gasteiger partial charge is 0.448 e. The van der Waals surface area contributed by atoms with E-state index in [2.05, 4.69) is 48.0 Å². The van der Waals surface area contributed by atoms with Gasteiger partial charge in [-0.05, 0) is 75.7 Å². The van der Waals surface area contributed by atoms with Crippen molar-refractivity contribution in [1.29, 1.82) is 0 Å². The summed E-state index contributed by atoms with van der Waals surface area (Å²) in [4.78, 5) is 51.4. The van der Waals surface area contributed by atoms with Gasteiger partial charge in [-0.15, -0.1) is 0 Å². The molecule has 3 aromatic carbocycles. The fourth-order valence-electron chi connectivity index (χ4n) is 5.30. The summed E-state index contributed by atoms with van der Waals surface area (Å²) in [6.45, 7) is 13.4. The topological polar surface area (TPSA) is 117 Å². The number of aldehydes is 1. The second-order valence-electron chi connectivity index (χ2n) is 11.9. The Hall–Kier alpha value is -4.54. The number of primary amides is 1. The SMILES string of the molecule is CC.CCCC(=O)N1CCN(c2ccccc2CN(C)CCCCC=O)CC1.Cc1ccc(Cl)cc1.NC(=O)c1cc(=O)c2cccc(F)c2o1. The van der Waals surface area contributed by atoms with E-state index < -0.39 is 17.2 Å². The van der Waals surface area contributed by atoms with Crippen molar-refractivity contribution in [2.45, 2.75) is 66.3 Å². The van der Waals surface area contributed by atoms with Crippen LogP contribution in [0.2, 0.25) is 5.02 Å². The van der Waals surface area contributed by atoms with Gasteiger partial charge in [-0.1, -0.05) is 74.3 Å². The molecule has 0 unspecified atom stereocenters. The van der Waals surface area contributed by atoms with E-state index in [0.717, 1.165) is 82.0 Å². The number of aryl methyl sites for hydroxylation is 1. The molecular weight excluding hydrogens is 671 g/mol. The number of nitrogens with two attached hydrogens (primary N) is 1. The maximum Gasteiger partial charge on any atom is 0.284 e. The predicted octanol–water partition coefficient (Wildman–Crippen LogP) is 7.64. The third kappa shape index (κ3) is 14.3. The zero-order valence-electron chi connectivity index (χ0n) is 30.5. The van der Waals surface area contributed by atoms with Gasteiger partial charge < -0.3 is 29.6 Å².